The van der Waals surface area contributed by atoms with Crippen LogP contribution in [-0.4, -0.2) is 10.9 Å². The van der Waals surface area contributed by atoms with Crippen LogP contribution in [0.15, 0.2) is 47.2 Å². The Balaban J connectivity index is 1.82. The van der Waals surface area contributed by atoms with E-state index in [4.69, 9.17) is 0 Å². The third-order valence-electron chi connectivity index (χ3n) is 3.64. The van der Waals surface area contributed by atoms with Gasteiger partial charge in [-0.05, 0) is 36.4 Å². The average Bonchev–Trinajstić information content (AvgIpc) is 3.18. The van der Waals surface area contributed by atoms with E-state index in [9.17, 15) is 4.79 Å². The lowest BCUT2D eigenvalue weighted by Gasteiger charge is -2.20. The molecular formula is C18H18N2OS2. The molecule has 3 aromatic rings. The third-order valence-corrected chi connectivity index (χ3v) is 5.40. The SMILES string of the molecule is Cc1nc(CC(=O)NC(c2cccs2)c2ccccc2C)cs1. The summed E-state index contributed by atoms with van der Waals surface area (Å²) in [6, 6.07) is 12.2. The van der Waals surface area contributed by atoms with Gasteiger partial charge in [0.15, 0.2) is 0 Å². The van der Waals surface area contributed by atoms with Crippen LogP contribution in [0.3, 0.4) is 0 Å². The maximum absolute atomic E-state index is 12.5. The molecule has 1 atom stereocenters. The molecule has 3 rings (SSSR count). The summed E-state index contributed by atoms with van der Waals surface area (Å²) < 4.78 is 0. The fourth-order valence-electron chi connectivity index (χ4n) is 2.53. The zero-order chi connectivity index (χ0) is 16.2. The Morgan fingerprint density at radius 3 is 2.65 bits per heavy atom. The van der Waals surface area contributed by atoms with Crippen LogP contribution in [0.25, 0.3) is 0 Å². The number of hydrogen-bond acceptors (Lipinski definition) is 4. The van der Waals surface area contributed by atoms with Gasteiger partial charge in [-0.2, -0.15) is 0 Å². The lowest BCUT2D eigenvalue weighted by molar-refractivity contribution is -0.121. The van der Waals surface area contributed by atoms with Crippen molar-refractivity contribution < 1.29 is 4.79 Å². The van der Waals surface area contributed by atoms with E-state index in [1.165, 1.54) is 5.56 Å². The molecule has 1 unspecified atom stereocenters. The first-order valence-electron chi connectivity index (χ1n) is 7.43. The van der Waals surface area contributed by atoms with E-state index in [1.807, 2.05) is 35.9 Å². The normalized spacial score (nSPS) is 12.1. The number of amides is 1. The summed E-state index contributed by atoms with van der Waals surface area (Å²) in [5, 5.41) is 8.14. The zero-order valence-corrected chi connectivity index (χ0v) is 14.7. The molecule has 0 saturated carbocycles. The molecule has 1 aromatic carbocycles. The molecular weight excluding hydrogens is 324 g/mol. The Bertz CT molecular complexity index is 793. The predicted octanol–water partition coefficient (Wildman–Crippen LogP) is 4.27. The molecule has 0 fully saturated rings. The van der Waals surface area contributed by atoms with Crippen molar-refractivity contribution in [3.05, 3.63) is 73.9 Å². The highest BCUT2D eigenvalue weighted by atomic mass is 32.1. The van der Waals surface area contributed by atoms with Crippen LogP contribution < -0.4 is 5.32 Å². The summed E-state index contributed by atoms with van der Waals surface area (Å²) in [5.74, 6) is -0.00282. The minimum Gasteiger partial charge on any atom is -0.344 e. The van der Waals surface area contributed by atoms with Crippen LogP contribution in [0.4, 0.5) is 0 Å². The minimum atomic E-state index is -0.108. The Morgan fingerprint density at radius 1 is 1.17 bits per heavy atom. The Labute approximate surface area is 144 Å². The standard InChI is InChI=1S/C18H18N2OS2/c1-12-6-3-4-7-15(12)18(16-8-5-9-22-16)20-17(21)10-14-11-23-13(2)19-14/h3-9,11,18H,10H2,1-2H3,(H,20,21). The van der Waals surface area contributed by atoms with Gasteiger partial charge in [0.05, 0.1) is 23.2 Å². The number of benzene rings is 1. The smallest absolute Gasteiger partial charge is 0.226 e. The molecule has 0 aliphatic heterocycles. The first-order valence-corrected chi connectivity index (χ1v) is 9.18. The summed E-state index contributed by atoms with van der Waals surface area (Å²) in [7, 11) is 0. The number of rotatable bonds is 5. The van der Waals surface area contributed by atoms with E-state index in [1.54, 1.807) is 22.7 Å². The number of nitrogens with zero attached hydrogens (tertiary/aromatic N) is 1. The van der Waals surface area contributed by atoms with Crippen molar-refractivity contribution in [1.82, 2.24) is 10.3 Å². The molecule has 0 radical (unpaired) electrons. The van der Waals surface area contributed by atoms with Gasteiger partial charge in [0.25, 0.3) is 0 Å². The Hall–Kier alpha value is -1.98. The second-order valence-electron chi connectivity index (χ2n) is 5.41. The number of aromatic nitrogens is 1. The number of nitrogens with one attached hydrogen (secondary N) is 1. The number of carbonyl (C=O) groups excluding carboxylic acids is 1. The summed E-state index contributed by atoms with van der Waals surface area (Å²) in [6.07, 6.45) is 0.318. The third kappa shape index (κ3) is 3.86. The first kappa shape index (κ1) is 15.9. The number of hydrogen-bond donors (Lipinski definition) is 1. The van der Waals surface area contributed by atoms with Crippen molar-refractivity contribution in [3.63, 3.8) is 0 Å². The van der Waals surface area contributed by atoms with Gasteiger partial charge in [-0.1, -0.05) is 30.3 Å². The topological polar surface area (TPSA) is 42.0 Å². The summed E-state index contributed by atoms with van der Waals surface area (Å²) in [5.41, 5.74) is 3.15. The molecule has 2 aromatic heterocycles. The molecule has 23 heavy (non-hydrogen) atoms. The van der Waals surface area contributed by atoms with Gasteiger partial charge in [0.1, 0.15) is 0 Å². The van der Waals surface area contributed by atoms with Crippen LogP contribution in [0.2, 0.25) is 0 Å². The van der Waals surface area contributed by atoms with Gasteiger partial charge in [0.2, 0.25) is 5.91 Å². The summed E-state index contributed by atoms with van der Waals surface area (Å²) in [6.45, 7) is 4.03. The van der Waals surface area contributed by atoms with Crippen molar-refractivity contribution in [2.24, 2.45) is 0 Å². The van der Waals surface area contributed by atoms with Crippen LogP contribution in [0, 0.1) is 13.8 Å². The van der Waals surface area contributed by atoms with Crippen LogP contribution >= 0.6 is 22.7 Å². The van der Waals surface area contributed by atoms with Crippen LogP contribution in [-0.2, 0) is 11.2 Å². The number of carbonyl (C=O) groups is 1. The highest BCUT2D eigenvalue weighted by Gasteiger charge is 2.20. The lowest BCUT2D eigenvalue weighted by atomic mass is 10.00. The van der Waals surface area contributed by atoms with Crippen molar-refractivity contribution >= 4 is 28.6 Å². The van der Waals surface area contributed by atoms with Gasteiger partial charge in [-0.25, -0.2) is 4.98 Å². The Kier molecular flexibility index (Phi) is 4.88. The highest BCUT2D eigenvalue weighted by molar-refractivity contribution is 7.10. The largest absolute Gasteiger partial charge is 0.344 e. The monoisotopic (exact) mass is 342 g/mol. The van der Waals surface area contributed by atoms with Crippen molar-refractivity contribution in [3.8, 4) is 0 Å². The van der Waals surface area contributed by atoms with Crippen LogP contribution in [0.5, 0.6) is 0 Å². The van der Waals surface area contributed by atoms with E-state index in [0.717, 1.165) is 21.1 Å². The van der Waals surface area contributed by atoms with Gasteiger partial charge >= 0.3 is 0 Å². The molecule has 0 aliphatic rings. The molecule has 0 saturated heterocycles. The van der Waals surface area contributed by atoms with Crippen molar-refractivity contribution in [2.75, 3.05) is 0 Å². The molecule has 1 N–H and O–H groups in total. The van der Waals surface area contributed by atoms with E-state index in [2.05, 4.69) is 35.4 Å². The molecule has 1 amide bonds. The molecule has 0 bridgehead atoms. The number of thiophene rings is 1. The maximum atomic E-state index is 12.5. The predicted molar refractivity (Wildman–Crippen MR) is 96.0 cm³/mol. The maximum Gasteiger partial charge on any atom is 0.226 e. The second kappa shape index (κ2) is 7.06. The molecule has 118 valence electrons. The molecule has 0 spiro atoms. The van der Waals surface area contributed by atoms with Crippen LogP contribution in [0.1, 0.15) is 32.7 Å². The summed E-state index contributed by atoms with van der Waals surface area (Å²) in [4.78, 5) is 18.0. The average molecular weight is 342 g/mol. The summed E-state index contributed by atoms with van der Waals surface area (Å²) >= 11 is 3.23. The van der Waals surface area contributed by atoms with E-state index < -0.39 is 0 Å². The van der Waals surface area contributed by atoms with E-state index in [-0.39, 0.29) is 11.9 Å². The zero-order valence-electron chi connectivity index (χ0n) is 13.1. The van der Waals surface area contributed by atoms with Gasteiger partial charge in [-0.15, -0.1) is 22.7 Å². The quantitative estimate of drug-likeness (QED) is 0.752. The van der Waals surface area contributed by atoms with Gasteiger partial charge in [0, 0.05) is 10.3 Å². The molecule has 2 heterocycles. The lowest BCUT2D eigenvalue weighted by Crippen LogP contribution is -2.30. The van der Waals surface area contributed by atoms with Crippen molar-refractivity contribution in [1.29, 1.82) is 0 Å². The molecule has 3 nitrogen and oxygen atoms in total. The second-order valence-corrected chi connectivity index (χ2v) is 7.45. The molecule has 5 heteroatoms. The van der Waals surface area contributed by atoms with E-state index >= 15 is 0 Å². The Morgan fingerprint density at radius 2 is 2.00 bits per heavy atom. The fraction of sp³-hybridized carbons (Fsp3) is 0.222. The van der Waals surface area contributed by atoms with Gasteiger partial charge in [-0.3, -0.25) is 4.79 Å². The fourth-order valence-corrected chi connectivity index (χ4v) is 3.94. The van der Waals surface area contributed by atoms with Gasteiger partial charge < -0.3 is 5.32 Å². The number of thiazole rings is 1. The highest BCUT2D eigenvalue weighted by Crippen LogP contribution is 2.28. The van der Waals surface area contributed by atoms with E-state index in [0.29, 0.717) is 6.42 Å². The molecule has 0 aliphatic carbocycles. The minimum absolute atomic E-state index is 0.00282. The van der Waals surface area contributed by atoms with Crippen molar-refractivity contribution in [2.45, 2.75) is 26.3 Å². The first-order chi connectivity index (χ1) is 11.1. The number of aryl methyl sites for hydroxylation is 2.